The number of nitrogens with two attached hydrogens (primary N) is 3. The molecule has 800 valence electrons. The number of carboxylic acids is 3. The second-order valence-electron chi connectivity index (χ2n) is 25.4. The number of carbonyl (C=O) groups excluding carboxylic acids is 2. The number of anilines is 5. The Labute approximate surface area is 925 Å². The van der Waals surface area contributed by atoms with Gasteiger partial charge in [0.25, 0.3) is 0 Å². The van der Waals surface area contributed by atoms with Crippen LogP contribution in [0.15, 0.2) is 317 Å². The van der Waals surface area contributed by atoms with Crippen LogP contribution in [0.1, 0.15) is 206 Å². The molecule has 28 heteroatoms. The maximum Gasteiger partial charge on any atom is 0.337 e. The van der Waals surface area contributed by atoms with Gasteiger partial charge in [0.1, 0.15) is 13.1 Å². The first-order valence-corrected chi connectivity index (χ1v) is 59.4. The van der Waals surface area contributed by atoms with Crippen LogP contribution < -0.4 is 38.8 Å². The van der Waals surface area contributed by atoms with E-state index in [0.717, 1.165) is 79.9 Å². The molecule has 3 aromatic heterocycles. The van der Waals surface area contributed by atoms with Gasteiger partial charge in [-0.2, -0.15) is 0 Å². The number of aromatic nitrogens is 3. The molecule has 0 spiro atoms. The zero-order valence-electron chi connectivity index (χ0n) is 92.3. The van der Waals surface area contributed by atoms with Crippen molar-refractivity contribution in [2.45, 2.75) is 229 Å². The van der Waals surface area contributed by atoms with Crippen LogP contribution in [0.2, 0.25) is 0 Å². The number of para-hydroxylation sites is 11. The van der Waals surface area contributed by atoms with E-state index in [0.29, 0.717) is 61.6 Å². The second-order valence-corrected chi connectivity index (χ2v) is 32.4. The number of esters is 2. The van der Waals surface area contributed by atoms with Crippen molar-refractivity contribution in [3.63, 3.8) is 0 Å². The van der Waals surface area contributed by atoms with E-state index in [1.54, 1.807) is 144 Å². The van der Waals surface area contributed by atoms with E-state index in [4.69, 9.17) is 32.2 Å². The third kappa shape index (κ3) is 50.7. The van der Waals surface area contributed by atoms with Gasteiger partial charge in [-0.05, 0) is 226 Å². The van der Waals surface area contributed by atoms with E-state index in [1.165, 1.54) is 26.3 Å². The fourth-order valence-electron chi connectivity index (χ4n) is 11.9. The number of aryl methyl sites for hydroxylation is 1. The highest BCUT2D eigenvalue weighted by Crippen LogP contribution is 2.33. The minimum absolute atomic E-state index is 0.00777. The molecule has 12 aromatic carbocycles. The number of nitrogen functional groups attached to an aromatic ring is 3. The topological polar surface area (TPSA) is 331 Å². The van der Waals surface area contributed by atoms with Gasteiger partial charge in [-0.1, -0.05) is 322 Å². The van der Waals surface area contributed by atoms with Gasteiger partial charge in [0.2, 0.25) is 0 Å². The van der Waals surface area contributed by atoms with Crippen LogP contribution in [-0.4, -0.2) is 114 Å². The average molecular weight is 2340 g/mol. The Morgan fingerprint density at radius 3 is 1.03 bits per heavy atom. The molecule has 20 nitrogen and oxygen atoms in total. The van der Waals surface area contributed by atoms with E-state index in [9.17, 15) is 43.5 Å². The van der Waals surface area contributed by atoms with Gasteiger partial charge in [0.15, 0.2) is 16.3 Å². The van der Waals surface area contributed by atoms with E-state index >= 15 is 0 Å². The molecule has 0 saturated carbocycles. The number of hydrogen-bond acceptors (Lipinski definition) is 20. The normalized spacial score (nSPS) is 9.06. The van der Waals surface area contributed by atoms with Crippen LogP contribution in [0.25, 0.3) is 65.4 Å². The predicted molar refractivity (Wildman–Crippen MR) is 667 cm³/mol. The third-order valence-corrected chi connectivity index (χ3v) is 24.3. The molecule has 15 aromatic rings. The Morgan fingerprint density at radius 1 is 0.336 bits per heavy atom. The van der Waals surface area contributed by atoms with Crippen molar-refractivity contribution >= 4 is 239 Å². The minimum atomic E-state index is -0.988. The SMILES string of the molecule is CC.CC.CC.CC.CC.CC.CC.CC.CC.CC.CC.CC.CCOC(=O)CI.CCOC(=O)Cn1c2ccccc2c(=O)c2cccc(SC)c21.CSc1cccc2c(=O)c3ccccc3[nH]c12.CSc1cccc2c(=O)c3ccccc3n(CC(=O)O)c12.CSc1ccccc1I.CSc1ccccc1N.CSc1ccccc1Nc1ccccc1C(=O)O.Cc1ccccc1N.Nc1ccccc1C(=O)O. The second kappa shape index (κ2) is 92.7. The van der Waals surface area contributed by atoms with Crippen molar-refractivity contribution in [2.24, 2.45) is 0 Å². The zero-order valence-corrected chi connectivity index (χ0v) is 101. The summed E-state index contributed by atoms with van der Waals surface area (Å²) in [6.07, 6.45) is 12.0. The molecular weight excluding hydrogens is 2170 g/mol. The molecule has 0 radical (unpaired) electrons. The number of alkyl halides is 1. The van der Waals surface area contributed by atoms with Gasteiger partial charge < -0.3 is 61.4 Å². The zero-order chi connectivity index (χ0) is 113. The van der Waals surface area contributed by atoms with Crippen LogP contribution in [0.4, 0.5) is 28.4 Å². The van der Waals surface area contributed by atoms with Crippen molar-refractivity contribution in [3.8, 4) is 0 Å². The summed E-state index contributed by atoms with van der Waals surface area (Å²) in [5.41, 5.74) is 26.3. The number of halogens is 2. The van der Waals surface area contributed by atoms with Crippen LogP contribution in [0, 0.1) is 10.5 Å². The van der Waals surface area contributed by atoms with E-state index in [2.05, 4.69) is 68.1 Å². The number of carbonyl (C=O) groups is 5. The Bertz CT molecular complexity index is 6240. The Kier molecular flexibility index (Phi) is 92.6. The molecule has 3 heterocycles. The molecular formula is C118H165I2N7O13S6. The van der Waals surface area contributed by atoms with Gasteiger partial charge in [-0.15, -0.1) is 70.6 Å². The van der Waals surface area contributed by atoms with Crippen LogP contribution in [0.3, 0.4) is 0 Å². The van der Waals surface area contributed by atoms with Crippen molar-refractivity contribution in [2.75, 3.05) is 77.7 Å². The van der Waals surface area contributed by atoms with Gasteiger partial charge in [0.05, 0.1) is 67.7 Å². The lowest BCUT2D eigenvalue weighted by Crippen LogP contribution is -2.18. The first-order chi connectivity index (χ1) is 70.8. The molecule has 15 rings (SSSR count). The molecule has 0 fully saturated rings. The Morgan fingerprint density at radius 2 is 0.658 bits per heavy atom. The lowest BCUT2D eigenvalue weighted by molar-refractivity contribution is -0.143. The van der Waals surface area contributed by atoms with Crippen LogP contribution in [-0.2, 0) is 36.9 Å². The summed E-state index contributed by atoms with van der Waals surface area (Å²) >= 11 is 14.1. The van der Waals surface area contributed by atoms with Crippen molar-refractivity contribution in [1.82, 2.24) is 14.1 Å². The molecule has 11 N–H and O–H groups in total. The minimum Gasteiger partial charge on any atom is -0.480 e. The number of aromatic carboxylic acids is 2. The lowest BCUT2D eigenvalue weighted by Gasteiger charge is -2.16. The molecule has 146 heavy (non-hydrogen) atoms. The van der Waals surface area contributed by atoms with Crippen molar-refractivity contribution < 1.29 is 48.8 Å². The summed E-state index contributed by atoms with van der Waals surface area (Å²) in [6, 6.07) is 84.2. The number of thioether (sulfide) groups is 6. The quantitative estimate of drug-likeness (QED) is 0.0105. The number of aromatic amines is 1. The number of fused-ring (bicyclic) bond motifs is 6. The lowest BCUT2D eigenvalue weighted by atomic mass is 10.1. The van der Waals surface area contributed by atoms with E-state index in [1.807, 2.05) is 407 Å². The van der Waals surface area contributed by atoms with E-state index in [-0.39, 0.29) is 52.4 Å². The molecule has 0 unspecified atom stereocenters. The smallest absolute Gasteiger partial charge is 0.337 e. The number of pyridine rings is 3. The summed E-state index contributed by atoms with van der Waals surface area (Å²) in [5, 5.41) is 33.8. The first kappa shape index (κ1) is 146. The number of benzene rings is 12. The number of aliphatic carboxylic acids is 1. The number of nitrogens with zero attached hydrogens (tertiary/aromatic N) is 2. The monoisotopic (exact) mass is 2330 g/mol. The molecule has 0 saturated heterocycles. The van der Waals surface area contributed by atoms with Crippen LogP contribution in [0.5, 0.6) is 0 Å². The number of rotatable bonds is 17. The Balaban J connectivity index is -0.000000375. The maximum absolute atomic E-state index is 12.8. The summed E-state index contributed by atoms with van der Waals surface area (Å²) in [6.45, 7) is 54.3. The summed E-state index contributed by atoms with van der Waals surface area (Å²) in [5.74, 6) is -3.29. The molecule has 0 aliphatic rings. The van der Waals surface area contributed by atoms with Gasteiger partial charge >= 0.3 is 29.8 Å². The highest BCUT2D eigenvalue weighted by Gasteiger charge is 2.19. The number of H-pyrrole nitrogens is 1. The van der Waals surface area contributed by atoms with Gasteiger partial charge in [-0.25, -0.2) is 9.59 Å². The summed E-state index contributed by atoms with van der Waals surface area (Å²) in [4.78, 5) is 103. The fraction of sp³-hybridized carbons (Fsp3) is 0.322. The average Bonchev–Trinajstić information content (AvgIpc) is 0.752. The van der Waals surface area contributed by atoms with E-state index < -0.39 is 17.9 Å². The highest BCUT2D eigenvalue weighted by atomic mass is 127. The largest absolute Gasteiger partial charge is 0.480 e. The standard InChI is InChI=1S/C18H17NO3S.C16H13NO3S.C14H13NO2S.C14H11NOS.C7H7IS.C7H7NO2.C7H9NS.C7H9N.C4H7IO2.12C2H6/c1-3-22-16(20)11-19-14-9-5-4-7-12(14)18(21)13-8-6-10-15(23-2)17(13)19;1-21-13-8-4-6-11-15(13)17(9-14(18)19)12-7-3-2-5-10(12)16(11)20;1-18-13-9-5-4-8-12(13)15-11-7-3-2-6-10(11)14(16)17;1-17-12-8-4-6-10-13(12)15-11-7-3-2-5-9(11)14(10)16;1-9-7-5-3-2-4-6(7)8;8-6-4-2-1-3-5(6)7(9)10;1-9-7-5-3-2-4-6(7)8;1-6-4-2-3-5-7(6)8;1-2-7-4(6)3-5;12*1-2/h4-10H,3,11H2,1-2H3;2-8H,9H2,1H3,(H,18,19);2-9,15H,1H3,(H,16,17);2-8H,1H3,(H,15,16);2-5H,1H3;1-4H,8H2,(H,9,10);2-5H,8H2,1H3;2-5H,8H2,1H3;2-3H2,1H3;12*1-2H3. The molecule has 0 aliphatic carbocycles. The third-order valence-electron chi connectivity index (χ3n) is 17.7. The summed E-state index contributed by atoms with van der Waals surface area (Å²) < 4.78 is 15.0. The van der Waals surface area contributed by atoms with Crippen molar-refractivity contribution in [3.05, 3.63) is 324 Å². The van der Waals surface area contributed by atoms with Crippen LogP contribution >= 0.6 is 116 Å². The number of ether oxygens (including phenoxy) is 2. The number of carboxylic acid groups (broad SMARTS) is 3. The molecule has 0 atom stereocenters. The van der Waals surface area contributed by atoms with Gasteiger partial charge in [-0.3, -0.25) is 28.8 Å². The number of nitrogens with one attached hydrogen (secondary N) is 2. The highest BCUT2D eigenvalue weighted by molar-refractivity contribution is 14.1. The molecule has 0 aliphatic heterocycles. The number of hydrogen-bond donors (Lipinski definition) is 8. The summed E-state index contributed by atoms with van der Waals surface area (Å²) in [7, 11) is 0. The molecule has 0 bridgehead atoms. The molecule has 0 amide bonds. The predicted octanol–water partition coefficient (Wildman–Crippen LogP) is 34.5. The first-order valence-electron chi connectivity index (χ1n) is 49.5. The maximum atomic E-state index is 12.8. The Hall–Kier alpha value is -10.8. The fourth-order valence-corrected chi connectivity index (χ4v) is 16.6. The van der Waals surface area contributed by atoms with Gasteiger partial charge in [0, 0.05) is 87.8 Å². The van der Waals surface area contributed by atoms with Crippen molar-refractivity contribution in [1.29, 1.82) is 0 Å².